The van der Waals surface area contributed by atoms with Crippen LogP contribution in [0.3, 0.4) is 0 Å². The summed E-state index contributed by atoms with van der Waals surface area (Å²) in [4.78, 5) is 52.7. The van der Waals surface area contributed by atoms with E-state index < -0.39 is 17.6 Å². The molecule has 2 rings (SSSR count). The Balaban J connectivity index is 1.81. The minimum atomic E-state index is -0.737. The first-order valence-electron chi connectivity index (χ1n) is 12.4. The summed E-state index contributed by atoms with van der Waals surface area (Å²) in [5.41, 5.74) is -0.522. The van der Waals surface area contributed by atoms with Crippen LogP contribution < -0.4 is 5.32 Å². The number of amides is 3. The fourth-order valence-corrected chi connectivity index (χ4v) is 4.14. The molecule has 2 atom stereocenters. The van der Waals surface area contributed by atoms with Crippen molar-refractivity contribution in [3.8, 4) is 12.3 Å². The quantitative estimate of drug-likeness (QED) is 0.335. The van der Waals surface area contributed by atoms with Crippen molar-refractivity contribution in [3.05, 3.63) is 12.2 Å². The summed E-state index contributed by atoms with van der Waals surface area (Å²) >= 11 is 0. The van der Waals surface area contributed by atoms with Crippen LogP contribution in [0.2, 0.25) is 0 Å². The van der Waals surface area contributed by atoms with Crippen molar-refractivity contribution in [1.29, 1.82) is 0 Å². The van der Waals surface area contributed by atoms with Gasteiger partial charge in [0.05, 0.1) is 18.9 Å². The second-order valence-electron chi connectivity index (χ2n) is 10.0. The second-order valence-corrected chi connectivity index (χ2v) is 10.0. The number of carbonyl (C=O) groups excluding carboxylic acids is 4. The SMILES string of the molecule is C#CC(CC(=O)OCC)NC(=O)[C@H]1CCCN(C(=O)/C=C/C2CCN(C(=O)OC(C)(C)C)CC2)C1. The molecule has 1 unspecified atom stereocenters. The molecule has 9 nitrogen and oxygen atoms in total. The molecule has 0 aromatic heterocycles. The van der Waals surface area contributed by atoms with Crippen LogP contribution in [0.5, 0.6) is 0 Å². The summed E-state index contributed by atoms with van der Waals surface area (Å²) in [7, 11) is 0. The molecular formula is C26H39N3O6. The first-order chi connectivity index (χ1) is 16.5. The topological polar surface area (TPSA) is 105 Å². The van der Waals surface area contributed by atoms with E-state index in [1.54, 1.807) is 22.8 Å². The molecule has 0 bridgehead atoms. The van der Waals surface area contributed by atoms with Gasteiger partial charge in [0.2, 0.25) is 11.8 Å². The summed E-state index contributed by atoms with van der Waals surface area (Å²) in [6.45, 7) is 9.57. The van der Waals surface area contributed by atoms with Crippen LogP contribution >= 0.6 is 0 Å². The van der Waals surface area contributed by atoms with E-state index in [1.165, 1.54) is 0 Å². The minimum absolute atomic E-state index is 0.0824. The van der Waals surface area contributed by atoms with E-state index in [1.807, 2.05) is 26.8 Å². The number of allylic oxidation sites excluding steroid dienone is 1. The fourth-order valence-electron chi connectivity index (χ4n) is 4.14. The molecule has 2 heterocycles. The van der Waals surface area contributed by atoms with Gasteiger partial charge in [-0.25, -0.2) is 4.79 Å². The molecule has 2 saturated heterocycles. The van der Waals surface area contributed by atoms with Crippen LogP contribution in [0.4, 0.5) is 4.79 Å². The van der Waals surface area contributed by atoms with Crippen molar-refractivity contribution in [2.75, 3.05) is 32.8 Å². The molecule has 3 amide bonds. The van der Waals surface area contributed by atoms with Gasteiger partial charge in [-0.05, 0) is 65.4 Å². The van der Waals surface area contributed by atoms with Gasteiger partial charge in [0, 0.05) is 26.2 Å². The maximum Gasteiger partial charge on any atom is 0.410 e. The molecule has 1 N–H and O–H groups in total. The third kappa shape index (κ3) is 9.63. The van der Waals surface area contributed by atoms with E-state index in [0.717, 1.165) is 12.8 Å². The summed E-state index contributed by atoms with van der Waals surface area (Å²) < 4.78 is 10.3. The fraction of sp³-hybridized carbons (Fsp3) is 0.692. The molecule has 0 aliphatic carbocycles. The number of piperidine rings is 2. The highest BCUT2D eigenvalue weighted by Crippen LogP contribution is 2.22. The average Bonchev–Trinajstić information content (AvgIpc) is 2.81. The zero-order valence-corrected chi connectivity index (χ0v) is 21.4. The molecule has 2 fully saturated rings. The first-order valence-corrected chi connectivity index (χ1v) is 12.4. The van der Waals surface area contributed by atoms with Gasteiger partial charge < -0.3 is 24.6 Å². The molecule has 2 aliphatic heterocycles. The normalized spacial score (nSPS) is 20.1. The van der Waals surface area contributed by atoms with E-state index in [0.29, 0.717) is 39.0 Å². The Labute approximate surface area is 208 Å². The molecule has 194 valence electrons. The third-order valence-corrected chi connectivity index (χ3v) is 6.00. The lowest BCUT2D eigenvalue weighted by molar-refractivity contribution is -0.143. The van der Waals surface area contributed by atoms with Gasteiger partial charge in [0.1, 0.15) is 11.6 Å². The van der Waals surface area contributed by atoms with Crippen molar-refractivity contribution >= 4 is 23.9 Å². The minimum Gasteiger partial charge on any atom is -0.466 e. The third-order valence-electron chi connectivity index (χ3n) is 6.00. The summed E-state index contributed by atoms with van der Waals surface area (Å²) in [6, 6.07) is -0.737. The lowest BCUT2D eigenvalue weighted by Gasteiger charge is -2.33. The van der Waals surface area contributed by atoms with Crippen LogP contribution in [0, 0.1) is 24.2 Å². The maximum atomic E-state index is 12.8. The lowest BCUT2D eigenvalue weighted by Crippen LogP contribution is -2.47. The van der Waals surface area contributed by atoms with Gasteiger partial charge >= 0.3 is 12.1 Å². The number of nitrogens with one attached hydrogen (secondary N) is 1. The highest BCUT2D eigenvalue weighted by molar-refractivity contribution is 5.88. The summed E-state index contributed by atoms with van der Waals surface area (Å²) in [5, 5.41) is 2.72. The Hall–Kier alpha value is -3.02. The van der Waals surface area contributed by atoms with Crippen LogP contribution in [0.25, 0.3) is 0 Å². The van der Waals surface area contributed by atoms with Crippen LogP contribution in [-0.4, -0.2) is 78.1 Å². The van der Waals surface area contributed by atoms with Crippen molar-refractivity contribution in [1.82, 2.24) is 15.1 Å². The summed E-state index contributed by atoms with van der Waals surface area (Å²) in [5.74, 6) is 1.40. The number of rotatable bonds is 7. The Morgan fingerprint density at radius 3 is 2.40 bits per heavy atom. The number of hydrogen-bond donors (Lipinski definition) is 1. The van der Waals surface area contributed by atoms with E-state index in [4.69, 9.17) is 15.9 Å². The zero-order valence-electron chi connectivity index (χ0n) is 21.4. The molecular weight excluding hydrogens is 450 g/mol. The molecule has 0 saturated carbocycles. The van der Waals surface area contributed by atoms with Gasteiger partial charge in [-0.3, -0.25) is 14.4 Å². The molecule has 0 aromatic carbocycles. The number of likely N-dealkylation sites (tertiary alicyclic amines) is 2. The van der Waals surface area contributed by atoms with Crippen LogP contribution in [0.15, 0.2) is 12.2 Å². The largest absolute Gasteiger partial charge is 0.466 e. The number of nitrogens with zero attached hydrogens (tertiary/aromatic N) is 2. The number of esters is 1. The Bertz CT molecular complexity index is 833. The first kappa shape index (κ1) is 28.2. The molecule has 2 aliphatic rings. The van der Waals surface area contributed by atoms with E-state index >= 15 is 0 Å². The van der Waals surface area contributed by atoms with Crippen molar-refractivity contribution < 1.29 is 28.7 Å². The average molecular weight is 490 g/mol. The molecule has 0 spiro atoms. The van der Waals surface area contributed by atoms with Crippen molar-refractivity contribution in [3.63, 3.8) is 0 Å². The Morgan fingerprint density at radius 1 is 1.11 bits per heavy atom. The maximum absolute atomic E-state index is 12.8. The Morgan fingerprint density at radius 2 is 1.80 bits per heavy atom. The number of hydrogen-bond acceptors (Lipinski definition) is 6. The second kappa shape index (κ2) is 13.2. The predicted octanol–water partition coefficient (Wildman–Crippen LogP) is 2.50. The van der Waals surface area contributed by atoms with Gasteiger partial charge in [0.15, 0.2) is 0 Å². The van der Waals surface area contributed by atoms with E-state index in [9.17, 15) is 19.2 Å². The van der Waals surface area contributed by atoms with Crippen molar-refractivity contribution in [2.45, 2.75) is 71.4 Å². The molecule has 9 heteroatoms. The molecule has 35 heavy (non-hydrogen) atoms. The zero-order chi connectivity index (χ0) is 26.0. The number of terminal acetylenes is 1. The van der Waals surface area contributed by atoms with Gasteiger partial charge in [-0.2, -0.15) is 0 Å². The molecule has 0 aromatic rings. The standard InChI is InChI=1S/C26H39N3O6/c1-6-21(17-23(31)34-7-2)27-24(32)20-9-8-14-29(18-20)22(30)11-10-19-12-15-28(16-13-19)25(33)35-26(3,4)5/h1,10-11,19-21H,7-9,12-18H2,2-5H3,(H,27,32)/b11-10+/t20-,21?/m0/s1. The van der Waals surface area contributed by atoms with Gasteiger partial charge in [-0.1, -0.05) is 12.0 Å². The summed E-state index contributed by atoms with van der Waals surface area (Å²) in [6.07, 6.45) is 11.5. The van der Waals surface area contributed by atoms with E-state index in [-0.39, 0.29) is 42.8 Å². The van der Waals surface area contributed by atoms with Crippen LogP contribution in [-0.2, 0) is 23.9 Å². The highest BCUT2D eigenvalue weighted by Gasteiger charge is 2.30. The predicted molar refractivity (Wildman–Crippen MR) is 131 cm³/mol. The smallest absolute Gasteiger partial charge is 0.410 e. The van der Waals surface area contributed by atoms with Crippen LogP contribution in [0.1, 0.15) is 59.8 Å². The number of carbonyl (C=O) groups is 4. The van der Waals surface area contributed by atoms with Gasteiger partial charge in [0.25, 0.3) is 0 Å². The Kier molecular flexibility index (Phi) is 10.6. The number of ether oxygens (including phenoxy) is 2. The van der Waals surface area contributed by atoms with Crippen molar-refractivity contribution in [2.24, 2.45) is 11.8 Å². The molecule has 0 radical (unpaired) electrons. The van der Waals surface area contributed by atoms with Gasteiger partial charge in [-0.15, -0.1) is 6.42 Å². The highest BCUT2D eigenvalue weighted by atomic mass is 16.6. The van der Waals surface area contributed by atoms with E-state index in [2.05, 4.69) is 11.2 Å². The lowest BCUT2D eigenvalue weighted by atomic mass is 9.95. The monoisotopic (exact) mass is 489 g/mol.